The van der Waals surface area contributed by atoms with Crippen LogP contribution in [0.2, 0.25) is 0 Å². The molecule has 4 nitrogen and oxygen atoms in total. The summed E-state index contributed by atoms with van der Waals surface area (Å²) in [5.41, 5.74) is 0. The molecular weight excluding hydrogens is 843 g/mol. The molecule has 0 bridgehead atoms. The fourth-order valence-electron chi connectivity index (χ4n) is 9.59. The summed E-state index contributed by atoms with van der Waals surface area (Å²) in [4.78, 5) is 12.5. The van der Waals surface area contributed by atoms with Crippen LogP contribution in [0.5, 0.6) is 0 Å². The molecule has 0 aromatic heterocycles. The number of aliphatic hydroxyl groups excluding tert-OH is 2. The van der Waals surface area contributed by atoms with E-state index in [0.717, 1.165) is 51.4 Å². The van der Waals surface area contributed by atoms with Crippen LogP contribution in [-0.4, -0.2) is 34.9 Å². The van der Waals surface area contributed by atoms with Crippen LogP contribution in [0.25, 0.3) is 0 Å². The van der Waals surface area contributed by atoms with Crippen molar-refractivity contribution in [1.29, 1.82) is 0 Å². The molecule has 0 saturated carbocycles. The van der Waals surface area contributed by atoms with Crippen molar-refractivity contribution in [3.63, 3.8) is 0 Å². The van der Waals surface area contributed by atoms with Gasteiger partial charge in [0.25, 0.3) is 0 Å². The van der Waals surface area contributed by atoms with Crippen LogP contribution in [-0.2, 0) is 4.79 Å². The average Bonchev–Trinajstić information content (AvgIpc) is 3.35. The maximum absolute atomic E-state index is 12.5. The second-order valence-corrected chi connectivity index (χ2v) is 21.1. The highest BCUT2D eigenvalue weighted by Gasteiger charge is 2.18. The van der Waals surface area contributed by atoms with Gasteiger partial charge in [-0.05, 0) is 57.8 Å². The van der Waals surface area contributed by atoms with E-state index in [4.69, 9.17) is 0 Å². The smallest absolute Gasteiger partial charge is 0.220 e. The van der Waals surface area contributed by atoms with Crippen LogP contribution in [0.4, 0.5) is 0 Å². The van der Waals surface area contributed by atoms with E-state index < -0.39 is 12.1 Å². The number of nitrogens with one attached hydrogen (secondary N) is 1. The lowest BCUT2D eigenvalue weighted by atomic mass is 10.0. The highest BCUT2D eigenvalue weighted by molar-refractivity contribution is 5.76. The summed E-state index contributed by atoms with van der Waals surface area (Å²) in [5.74, 6) is -0.0620. The number of aliphatic hydroxyl groups is 2. The van der Waals surface area contributed by atoms with Crippen molar-refractivity contribution in [2.45, 2.75) is 341 Å². The summed E-state index contributed by atoms with van der Waals surface area (Å²) in [7, 11) is 0. The molecule has 404 valence electrons. The monoisotopic (exact) mass is 964 g/mol. The van der Waals surface area contributed by atoms with Gasteiger partial charge < -0.3 is 15.5 Å². The average molecular weight is 965 g/mol. The van der Waals surface area contributed by atoms with E-state index >= 15 is 0 Å². The SMILES string of the molecule is CC/C=C\C/C=C\C/C=C\C/C=C\CCCCCCCCCCCCCCCCC(=O)NC(CO)C(O)/C=C/CCCCCCCCCCCCCCCCCCCCCCCCCCCCCC. The van der Waals surface area contributed by atoms with Gasteiger partial charge in [-0.2, -0.15) is 0 Å². The number of rotatable bonds is 57. The van der Waals surface area contributed by atoms with Gasteiger partial charge in [-0.15, -0.1) is 0 Å². The van der Waals surface area contributed by atoms with Crippen molar-refractivity contribution in [2.75, 3.05) is 6.61 Å². The number of unbranched alkanes of at least 4 members (excludes halogenated alkanes) is 42. The first-order chi connectivity index (χ1) is 34.2. The maximum Gasteiger partial charge on any atom is 0.220 e. The zero-order chi connectivity index (χ0) is 49.9. The molecule has 0 aliphatic heterocycles. The fraction of sp³-hybridized carbons (Fsp3) is 0.831. The molecular formula is C65H121NO3. The van der Waals surface area contributed by atoms with Gasteiger partial charge in [0.05, 0.1) is 18.8 Å². The molecule has 0 aromatic carbocycles. The Morgan fingerprint density at radius 1 is 0.362 bits per heavy atom. The highest BCUT2D eigenvalue weighted by Crippen LogP contribution is 2.18. The third-order valence-corrected chi connectivity index (χ3v) is 14.3. The first-order valence-electron chi connectivity index (χ1n) is 31.0. The van der Waals surface area contributed by atoms with Crippen molar-refractivity contribution in [1.82, 2.24) is 5.32 Å². The summed E-state index contributed by atoms with van der Waals surface area (Å²) in [6.07, 6.45) is 85.5. The molecule has 0 rings (SSSR count). The Kier molecular flexibility index (Phi) is 58.7. The number of hydrogen-bond donors (Lipinski definition) is 3. The molecule has 0 aliphatic carbocycles. The number of allylic oxidation sites excluding steroid dienone is 9. The fourth-order valence-corrected chi connectivity index (χ4v) is 9.59. The van der Waals surface area contributed by atoms with E-state index in [-0.39, 0.29) is 12.5 Å². The largest absolute Gasteiger partial charge is 0.394 e. The van der Waals surface area contributed by atoms with Crippen LogP contribution in [0, 0.1) is 0 Å². The number of hydrogen-bond acceptors (Lipinski definition) is 3. The zero-order valence-electron chi connectivity index (χ0n) is 46.6. The summed E-state index contributed by atoms with van der Waals surface area (Å²) in [6.45, 7) is 4.23. The van der Waals surface area contributed by atoms with Gasteiger partial charge in [0.2, 0.25) is 5.91 Å². The first-order valence-corrected chi connectivity index (χ1v) is 31.0. The number of amides is 1. The van der Waals surface area contributed by atoms with Crippen molar-refractivity contribution < 1.29 is 15.0 Å². The normalized spacial score (nSPS) is 13.2. The van der Waals surface area contributed by atoms with Gasteiger partial charge in [-0.25, -0.2) is 0 Å². The lowest BCUT2D eigenvalue weighted by molar-refractivity contribution is -0.123. The summed E-state index contributed by atoms with van der Waals surface area (Å²) in [6, 6.07) is -0.626. The lowest BCUT2D eigenvalue weighted by Gasteiger charge is -2.20. The third-order valence-electron chi connectivity index (χ3n) is 14.3. The Morgan fingerprint density at radius 2 is 0.638 bits per heavy atom. The van der Waals surface area contributed by atoms with E-state index in [1.807, 2.05) is 6.08 Å². The standard InChI is InChI=1S/C65H121NO3/c1-3-5-7-9-11-13-15-17-19-21-23-25-27-29-31-32-33-35-36-38-40-42-44-46-48-50-52-54-56-58-60-64(68)63(62-67)66-65(69)61-59-57-55-53-51-49-47-45-43-41-39-37-34-30-28-26-24-22-20-18-16-14-12-10-8-6-4-2/h6,8,12,14,18,20,24,26,58,60,63-64,67-68H,3-5,7,9-11,13,15-17,19,21-23,25,27-57,59,61-62H2,1-2H3,(H,66,69)/b8-6-,14-12-,20-18-,26-24-,60-58+. The second-order valence-electron chi connectivity index (χ2n) is 21.1. The molecule has 0 aliphatic rings. The molecule has 0 fully saturated rings. The van der Waals surface area contributed by atoms with E-state index in [9.17, 15) is 15.0 Å². The van der Waals surface area contributed by atoms with Crippen molar-refractivity contribution >= 4 is 5.91 Å². The molecule has 0 saturated heterocycles. The number of carbonyl (C=O) groups excluding carboxylic acids is 1. The van der Waals surface area contributed by atoms with Crippen LogP contribution >= 0.6 is 0 Å². The van der Waals surface area contributed by atoms with Crippen molar-refractivity contribution in [3.8, 4) is 0 Å². The van der Waals surface area contributed by atoms with Gasteiger partial charge in [0.15, 0.2) is 0 Å². The second kappa shape index (κ2) is 60.4. The number of carbonyl (C=O) groups is 1. The maximum atomic E-state index is 12.5. The molecule has 1 amide bonds. The minimum absolute atomic E-state index is 0.0620. The van der Waals surface area contributed by atoms with Gasteiger partial charge in [0, 0.05) is 6.42 Å². The predicted molar refractivity (Wildman–Crippen MR) is 308 cm³/mol. The van der Waals surface area contributed by atoms with Crippen LogP contribution < -0.4 is 5.32 Å². The molecule has 3 N–H and O–H groups in total. The van der Waals surface area contributed by atoms with Crippen LogP contribution in [0.3, 0.4) is 0 Å². The molecule has 2 atom stereocenters. The Balaban J connectivity index is 3.46. The van der Waals surface area contributed by atoms with Crippen LogP contribution in [0.1, 0.15) is 328 Å². The minimum atomic E-state index is -0.843. The zero-order valence-corrected chi connectivity index (χ0v) is 46.6. The highest BCUT2D eigenvalue weighted by atomic mass is 16.3. The minimum Gasteiger partial charge on any atom is -0.394 e. The van der Waals surface area contributed by atoms with Crippen LogP contribution in [0.15, 0.2) is 60.8 Å². The van der Waals surface area contributed by atoms with E-state index in [1.165, 1.54) is 257 Å². The van der Waals surface area contributed by atoms with Crippen molar-refractivity contribution in [2.24, 2.45) is 0 Å². The molecule has 0 heterocycles. The molecule has 0 radical (unpaired) electrons. The Hall–Kier alpha value is -1.91. The summed E-state index contributed by atoms with van der Waals surface area (Å²) >= 11 is 0. The van der Waals surface area contributed by atoms with E-state index in [1.54, 1.807) is 6.08 Å². The molecule has 69 heavy (non-hydrogen) atoms. The summed E-state index contributed by atoms with van der Waals surface area (Å²) < 4.78 is 0. The predicted octanol–water partition coefficient (Wildman–Crippen LogP) is 20.8. The van der Waals surface area contributed by atoms with Crippen molar-refractivity contribution in [3.05, 3.63) is 60.8 Å². The lowest BCUT2D eigenvalue weighted by Crippen LogP contribution is -2.45. The van der Waals surface area contributed by atoms with E-state index in [2.05, 4.69) is 67.8 Å². The first kappa shape index (κ1) is 67.1. The Labute approximate surface area is 432 Å². The molecule has 2 unspecified atom stereocenters. The van der Waals surface area contributed by atoms with Gasteiger partial charge in [0.1, 0.15) is 0 Å². The van der Waals surface area contributed by atoms with Gasteiger partial charge in [-0.1, -0.05) is 325 Å². The molecule has 0 spiro atoms. The Morgan fingerprint density at radius 3 is 0.957 bits per heavy atom. The van der Waals surface area contributed by atoms with Gasteiger partial charge in [-0.3, -0.25) is 4.79 Å². The molecule has 0 aromatic rings. The topological polar surface area (TPSA) is 69.6 Å². The van der Waals surface area contributed by atoms with E-state index in [0.29, 0.717) is 6.42 Å². The third kappa shape index (κ3) is 56.9. The summed E-state index contributed by atoms with van der Waals surface area (Å²) in [5, 5.41) is 23.2. The van der Waals surface area contributed by atoms with Gasteiger partial charge >= 0.3 is 0 Å². The molecule has 4 heteroatoms. The Bertz CT molecular complexity index is 1140. The quantitative estimate of drug-likeness (QED) is 0.0420.